The van der Waals surface area contributed by atoms with Crippen molar-refractivity contribution in [2.24, 2.45) is 0 Å². The van der Waals surface area contributed by atoms with Crippen LogP contribution < -0.4 is 5.32 Å². The van der Waals surface area contributed by atoms with Crippen molar-refractivity contribution < 1.29 is 4.39 Å². The third-order valence-electron chi connectivity index (χ3n) is 3.23. The minimum absolute atomic E-state index is 0.184. The summed E-state index contributed by atoms with van der Waals surface area (Å²) in [4.78, 5) is 4.30. The molecule has 0 atom stereocenters. The maximum absolute atomic E-state index is 14.0. The Morgan fingerprint density at radius 2 is 2.28 bits per heavy atom. The number of benzene rings is 1. The highest BCUT2D eigenvalue weighted by Crippen LogP contribution is 2.20. The van der Waals surface area contributed by atoms with Crippen LogP contribution in [-0.4, -0.2) is 15.6 Å². The maximum atomic E-state index is 14.0. The largest absolute Gasteiger partial charge is 0.308 e. The Kier molecular flexibility index (Phi) is 2.88. The summed E-state index contributed by atoms with van der Waals surface area (Å²) in [6, 6.07) is 6.05. The van der Waals surface area contributed by atoms with Gasteiger partial charge in [0.1, 0.15) is 5.82 Å². The van der Waals surface area contributed by atoms with Crippen LogP contribution in [0.25, 0.3) is 5.69 Å². The van der Waals surface area contributed by atoms with Crippen molar-refractivity contribution >= 4 is 0 Å². The monoisotopic (exact) mass is 245 g/mol. The molecule has 3 rings (SSSR count). The van der Waals surface area contributed by atoms with Crippen LogP contribution in [0.1, 0.15) is 24.1 Å². The van der Waals surface area contributed by atoms with Crippen molar-refractivity contribution in [2.75, 3.05) is 0 Å². The van der Waals surface area contributed by atoms with Gasteiger partial charge in [-0.2, -0.15) is 0 Å². The van der Waals surface area contributed by atoms with Gasteiger partial charge in [-0.25, -0.2) is 9.37 Å². The summed E-state index contributed by atoms with van der Waals surface area (Å²) in [6.45, 7) is 2.52. The first kappa shape index (κ1) is 11.4. The van der Waals surface area contributed by atoms with Crippen LogP contribution >= 0.6 is 0 Å². The smallest absolute Gasteiger partial charge is 0.150 e. The standard InChI is InChI=1S/C14H16FN3/c1-10-3-2-4-13(14(10)15)18-8-12(17-9-18)7-16-11-5-6-11/h2-4,8-9,11,16H,5-7H2,1H3. The van der Waals surface area contributed by atoms with Gasteiger partial charge in [0.05, 0.1) is 17.7 Å². The molecule has 1 aromatic heterocycles. The van der Waals surface area contributed by atoms with Gasteiger partial charge in [0, 0.05) is 18.8 Å². The van der Waals surface area contributed by atoms with Crippen LogP contribution in [0.3, 0.4) is 0 Å². The molecule has 18 heavy (non-hydrogen) atoms. The minimum Gasteiger partial charge on any atom is -0.308 e. The summed E-state index contributed by atoms with van der Waals surface area (Å²) in [5.74, 6) is -0.184. The number of hydrogen-bond acceptors (Lipinski definition) is 2. The summed E-state index contributed by atoms with van der Waals surface area (Å²) < 4.78 is 15.7. The number of halogens is 1. The van der Waals surface area contributed by atoms with Crippen LogP contribution in [0.4, 0.5) is 4.39 Å². The van der Waals surface area contributed by atoms with Crippen molar-refractivity contribution in [3.8, 4) is 5.69 Å². The zero-order valence-electron chi connectivity index (χ0n) is 10.4. The van der Waals surface area contributed by atoms with Gasteiger partial charge in [-0.1, -0.05) is 12.1 Å². The van der Waals surface area contributed by atoms with E-state index in [0.717, 1.165) is 12.2 Å². The summed E-state index contributed by atoms with van der Waals surface area (Å²) in [7, 11) is 0. The lowest BCUT2D eigenvalue weighted by molar-refractivity contribution is 0.609. The Bertz CT molecular complexity index is 558. The molecule has 4 heteroatoms. The molecule has 94 valence electrons. The zero-order valence-corrected chi connectivity index (χ0v) is 10.4. The first-order chi connectivity index (χ1) is 8.74. The number of imidazole rings is 1. The van der Waals surface area contributed by atoms with Gasteiger partial charge in [0.25, 0.3) is 0 Å². The van der Waals surface area contributed by atoms with Gasteiger partial charge in [-0.15, -0.1) is 0 Å². The third-order valence-corrected chi connectivity index (χ3v) is 3.23. The molecule has 1 aliphatic rings. The lowest BCUT2D eigenvalue weighted by Gasteiger charge is -2.05. The molecule has 1 heterocycles. The van der Waals surface area contributed by atoms with Crippen molar-refractivity contribution in [1.29, 1.82) is 0 Å². The van der Waals surface area contributed by atoms with Crippen molar-refractivity contribution in [3.05, 3.63) is 47.8 Å². The SMILES string of the molecule is Cc1cccc(-n2cnc(CNC3CC3)c2)c1F. The second-order valence-electron chi connectivity index (χ2n) is 4.84. The molecule has 0 saturated heterocycles. The fraction of sp³-hybridized carbons (Fsp3) is 0.357. The minimum atomic E-state index is -0.184. The van der Waals surface area contributed by atoms with E-state index in [4.69, 9.17) is 0 Å². The Hall–Kier alpha value is -1.68. The van der Waals surface area contributed by atoms with Crippen LogP contribution in [0, 0.1) is 12.7 Å². The molecule has 1 fully saturated rings. The van der Waals surface area contributed by atoms with Gasteiger partial charge < -0.3 is 9.88 Å². The van der Waals surface area contributed by atoms with E-state index in [2.05, 4.69) is 10.3 Å². The maximum Gasteiger partial charge on any atom is 0.150 e. The third kappa shape index (κ3) is 2.29. The molecule has 1 saturated carbocycles. The molecule has 0 aliphatic heterocycles. The van der Waals surface area contributed by atoms with Crippen LogP contribution in [0.5, 0.6) is 0 Å². The number of rotatable bonds is 4. The Morgan fingerprint density at radius 1 is 1.44 bits per heavy atom. The Morgan fingerprint density at radius 3 is 3.06 bits per heavy atom. The molecular formula is C14H16FN3. The van der Waals surface area contributed by atoms with E-state index < -0.39 is 0 Å². The van der Waals surface area contributed by atoms with E-state index in [1.807, 2.05) is 12.3 Å². The molecule has 0 amide bonds. The number of nitrogens with zero attached hydrogens (tertiary/aromatic N) is 2. The number of aryl methyl sites for hydroxylation is 1. The Labute approximate surface area is 106 Å². The van der Waals surface area contributed by atoms with Crippen LogP contribution in [0.15, 0.2) is 30.7 Å². The number of aromatic nitrogens is 2. The summed E-state index contributed by atoms with van der Waals surface area (Å²) in [6.07, 6.45) is 6.06. The second kappa shape index (κ2) is 4.53. The summed E-state index contributed by atoms with van der Waals surface area (Å²) in [5.41, 5.74) is 2.15. The molecule has 1 aliphatic carbocycles. The lowest BCUT2D eigenvalue weighted by atomic mass is 10.2. The number of hydrogen-bond donors (Lipinski definition) is 1. The van der Waals surface area contributed by atoms with E-state index >= 15 is 0 Å². The van der Waals surface area contributed by atoms with Crippen molar-refractivity contribution in [1.82, 2.24) is 14.9 Å². The van der Waals surface area contributed by atoms with Gasteiger partial charge >= 0.3 is 0 Å². The first-order valence-electron chi connectivity index (χ1n) is 6.26. The second-order valence-corrected chi connectivity index (χ2v) is 4.84. The highest BCUT2D eigenvalue weighted by molar-refractivity contribution is 5.37. The van der Waals surface area contributed by atoms with Crippen molar-refractivity contribution in [2.45, 2.75) is 32.4 Å². The van der Waals surface area contributed by atoms with E-state index in [1.54, 1.807) is 30.0 Å². The highest BCUT2D eigenvalue weighted by atomic mass is 19.1. The molecule has 0 bridgehead atoms. The highest BCUT2D eigenvalue weighted by Gasteiger charge is 2.20. The molecule has 2 aromatic rings. The molecule has 0 unspecified atom stereocenters. The zero-order chi connectivity index (χ0) is 12.5. The van der Waals surface area contributed by atoms with Gasteiger partial charge in [-0.05, 0) is 31.4 Å². The van der Waals surface area contributed by atoms with E-state index in [0.29, 0.717) is 17.3 Å². The van der Waals surface area contributed by atoms with Gasteiger partial charge in [0.15, 0.2) is 0 Å². The van der Waals surface area contributed by atoms with Gasteiger partial charge in [-0.3, -0.25) is 0 Å². The number of nitrogens with one attached hydrogen (secondary N) is 1. The van der Waals surface area contributed by atoms with E-state index in [-0.39, 0.29) is 5.82 Å². The fourth-order valence-electron chi connectivity index (χ4n) is 1.95. The molecule has 0 radical (unpaired) electrons. The predicted molar refractivity (Wildman–Crippen MR) is 68.1 cm³/mol. The van der Waals surface area contributed by atoms with E-state index in [1.165, 1.54) is 12.8 Å². The molecular weight excluding hydrogens is 229 g/mol. The van der Waals surface area contributed by atoms with Crippen LogP contribution in [-0.2, 0) is 6.54 Å². The molecule has 0 spiro atoms. The molecule has 1 aromatic carbocycles. The normalized spacial score (nSPS) is 15.0. The average molecular weight is 245 g/mol. The molecule has 3 nitrogen and oxygen atoms in total. The quantitative estimate of drug-likeness (QED) is 0.897. The van der Waals surface area contributed by atoms with Crippen molar-refractivity contribution in [3.63, 3.8) is 0 Å². The average Bonchev–Trinajstić information content (AvgIpc) is 3.08. The Balaban J connectivity index is 1.80. The fourth-order valence-corrected chi connectivity index (χ4v) is 1.95. The predicted octanol–water partition coefficient (Wildman–Crippen LogP) is 2.57. The summed E-state index contributed by atoms with van der Waals surface area (Å²) >= 11 is 0. The van der Waals surface area contributed by atoms with E-state index in [9.17, 15) is 4.39 Å². The summed E-state index contributed by atoms with van der Waals surface area (Å²) in [5, 5.41) is 3.39. The lowest BCUT2D eigenvalue weighted by Crippen LogP contribution is -2.15. The van der Waals surface area contributed by atoms with Crippen LogP contribution in [0.2, 0.25) is 0 Å². The topological polar surface area (TPSA) is 29.9 Å². The molecule has 1 N–H and O–H groups in total. The first-order valence-corrected chi connectivity index (χ1v) is 6.26. The van der Waals surface area contributed by atoms with Gasteiger partial charge in [0.2, 0.25) is 0 Å².